The van der Waals surface area contributed by atoms with Crippen LogP contribution in [0.5, 0.6) is 11.5 Å². The summed E-state index contributed by atoms with van der Waals surface area (Å²) >= 11 is 6.15. The number of nitrogens with zero attached hydrogens (tertiary/aromatic N) is 2. The number of rotatable bonds is 8. The number of hydrogen-bond donors (Lipinski definition) is 1. The molecular weight excluding hydrogens is 466 g/mol. The van der Waals surface area contributed by atoms with Crippen LogP contribution >= 0.6 is 11.6 Å². The Balaban J connectivity index is 1.90. The summed E-state index contributed by atoms with van der Waals surface area (Å²) in [7, 11) is 0.460. The first-order valence-electron chi connectivity index (χ1n) is 9.85. The van der Waals surface area contributed by atoms with Crippen LogP contribution in [0.1, 0.15) is 21.5 Å². The van der Waals surface area contributed by atoms with Gasteiger partial charge >= 0.3 is 0 Å². The zero-order valence-corrected chi connectivity index (χ0v) is 20.2. The van der Waals surface area contributed by atoms with Crippen molar-refractivity contribution in [3.63, 3.8) is 0 Å². The van der Waals surface area contributed by atoms with Crippen molar-refractivity contribution in [2.24, 2.45) is 0 Å². The molecule has 0 unspecified atom stereocenters. The molecule has 1 amide bonds. The zero-order valence-electron chi connectivity index (χ0n) is 18.6. The van der Waals surface area contributed by atoms with E-state index in [0.29, 0.717) is 17.9 Å². The first kappa shape index (κ1) is 24.3. The summed E-state index contributed by atoms with van der Waals surface area (Å²) in [4.78, 5) is 18.5. The number of aryl methyl sites for hydroxylation is 1. The predicted octanol–water partition coefficient (Wildman–Crippen LogP) is 4.13. The summed E-state index contributed by atoms with van der Waals surface area (Å²) in [6.07, 6.45) is 3.30. The van der Waals surface area contributed by atoms with Crippen LogP contribution in [-0.2, 0) is 16.6 Å². The smallest absolute Gasteiger partial charge is 0.262 e. The molecule has 1 heterocycles. The van der Waals surface area contributed by atoms with Gasteiger partial charge in [0.15, 0.2) is 0 Å². The summed E-state index contributed by atoms with van der Waals surface area (Å²) in [5, 5.41) is 0.216. The van der Waals surface area contributed by atoms with E-state index in [1.54, 1.807) is 32.4 Å². The number of halogens is 1. The number of carbonyl (C=O) groups is 1. The largest absolute Gasteiger partial charge is 0.495 e. The van der Waals surface area contributed by atoms with E-state index in [-0.39, 0.29) is 32.8 Å². The quantitative estimate of drug-likeness (QED) is 0.511. The standard InChI is InChI=1S/C23H24ClN3O5S/c1-15-5-6-17(11-18(15)23(28)27(2)14-16-7-9-25-10-8-16)33(29,30)26-20-12-19(24)21(31-3)13-22(20)32-4/h5-13,26H,14H2,1-4H3. The van der Waals surface area contributed by atoms with Crippen molar-refractivity contribution in [3.8, 4) is 11.5 Å². The number of ether oxygens (including phenoxy) is 2. The van der Waals surface area contributed by atoms with E-state index < -0.39 is 10.0 Å². The minimum Gasteiger partial charge on any atom is -0.495 e. The van der Waals surface area contributed by atoms with Crippen molar-refractivity contribution in [1.29, 1.82) is 0 Å². The van der Waals surface area contributed by atoms with Gasteiger partial charge in [-0.1, -0.05) is 17.7 Å². The molecule has 10 heteroatoms. The van der Waals surface area contributed by atoms with E-state index in [1.807, 2.05) is 12.1 Å². The minimum atomic E-state index is -4.05. The zero-order chi connectivity index (χ0) is 24.2. The molecule has 0 aliphatic rings. The van der Waals surface area contributed by atoms with Gasteiger partial charge in [0, 0.05) is 37.6 Å². The molecule has 174 valence electrons. The molecule has 1 aromatic heterocycles. The van der Waals surface area contributed by atoms with Crippen molar-refractivity contribution in [3.05, 3.63) is 76.6 Å². The van der Waals surface area contributed by atoms with Crippen LogP contribution in [0.15, 0.2) is 59.8 Å². The second-order valence-electron chi connectivity index (χ2n) is 7.29. The van der Waals surface area contributed by atoms with Crippen molar-refractivity contribution in [2.45, 2.75) is 18.4 Å². The molecule has 0 bridgehead atoms. The fourth-order valence-corrected chi connectivity index (χ4v) is 4.51. The number of sulfonamides is 1. The number of amides is 1. The molecule has 0 spiro atoms. The van der Waals surface area contributed by atoms with Gasteiger partial charge in [-0.15, -0.1) is 0 Å². The lowest BCUT2D eigenvalue weighted by Crippen LogP contribution is -2.27. The van der Waals surface area contributed by atoms with Crippen LogP contribution in [-0.4, -0.2) is 45.5 Å². The fraction of sp³-hybridized carbons (Fsp3) is 0.217. The Labute approximate surface area is 198 Å². The first-order chi connectivity index (χ1) is 15.7. The molecule has 0 aliphatic carbocycles. The number of methoxy groups -OCH3 is 2. The van der Waals surface area contributed by atoms with Gasteiger partial charge in [0.2, 0.25) is 0 Å². The van der Waals surface area contributed by atoms with Crippen LogP contribution < -0.4 is 14.2 Å². The van der Waals surface area contributed by atoms with E-state index in [2.05, 4.69) is 9.71 Å². The van der Waals surface area contributed by atoms with Gasteiger partial charge in [-0.05, 0) is 48.4 Å². The predicted molar refractivity (Wildman–Crippen MR) is 127 cm³/mol. The third-order valence-electron chi connectivity index (χ3n) is 4.98. The van der Waals surface area contributed by atoms with Gasteiger partial charge in [0.1, 0.15) is 11.5 Å². The summed E-state index contributed by atoms with van der Waals surface area (Å²) in [6, 6.07) is 10.9. The normalized spacial score (nSPS) is 11.1. The highest BCUT2D eigenvalue weighted by atomic mass is 35.5. The molecule has 0 aliphatic heterocycles. The van der Waals surface area contributed by atoms with Crippen LogP contribution in [0.25, 0.3) is 0 Å². The van der Waals surface area contributed by atoms with E-state index >= 15 is 0 Å². The molecule has 2 aromatic carbocycles. The van der Waals surface area contributed by atoms with Crippen molar-refractivity contribution in [1.82, 2.24) is 9.88 Å². The molecule has 8 nitrogen and oxygen atoms in total. The van der Waals surface area contributed by atoms with Gasteiger partial charge in [0.25, 0.3) is 15.9 Å². The van der Waals surface area contributed by atoms with Gasteiger partial charge in [-0.25, -0.2) is 8.42 Å². The lowest BCUT2D eigenvalue weighted by atomic mass is 10.1. The highest BCUT2D eigenvalue weighted by molar-refractivity contribution is 7.92. The number of nitrogens with one attached hydrogen (secondary N) is 1. The number of hydrogen-bond acceptors (Lipinski definition) is 6. The highest BCUT2D eigenvalue weighted by Gasteiger charge is 2.22. The number of benzene rings is 2. The third kappa shape index (κ3) is 5.55. The SMILES string of the molecule is COc1cc(OC)c(NS(=O)(=O)c2ccc(C)c(C(=O)N(C)Cc3ccncc3)c2)cc1Cl. The third-order valence-corrected chi connectivity index (χ3v) is 6.64. The van der Waals surface area contributed by atoms with Gasteiger partial charge in [0.05, 0.1) is 29.8 Å². The molecule has 1 N–H and O–H groups in total. The maximum absolute atomic E-state index is 13.1. The maximum atomic E-state index is 13.1. The van der Waals surface area contributed by atoms with Crippen molar-refractivity contribution < 1.29 is 22.7 Å². The molecule has 0 fully saturated rings. The van der Waals surface area contributed by atoms with Crippen LogP contribution in [0, 0.1) is 6.92 Å². The Kier molecular flexibility index (Phi) is 7.45. The second kappa shape index (κ2) is 10.1. The van der Waals surface area contributed by atoms with Crippen molar-refractivity contribution >= 4 is 33.2 Å². The maximum Gasteiger partial charge on any atom is 0.262 e. The molecule has 3 rings (SSSR count). The first-order valence-corrected chi connectivity index (χ1v) is 11.7. The molecule has 0 radical (unpaired) electrons. The summed E-state index contributed by atoms with van der Waals surface area (Å²) in [5.74, 6) is 0.281. The summed E-state index contributed by atoms with van der Waals surface area (Å²) in [6.45, 7) is 2.11. The monoisotopic (exact) mass is 489 g/mol. The molecular formula is C23H24ClN3O5S. The van der Waals surface area contributed by atoms with Gasteiger partial charge < -0.3 is 14.4 Å². The van der Waals surface area contributed by atoms with E-state index in [1.165, 1.54) is 43.4 Å². The van der Waals surface area contributed by atoms with Crippen LogP contribution in [0.2, 0.25) is 5.02 Å². The van der Waals surface area contributed by atoms with E-state index in [0.717, 1.165) is 5.56 Å². The second-order valence-corrected chi connectivity index (χ2v) is 9.38. The number of aromatic nitrogens is 1. The van der Waals surface area contributed by atoms with Crippen LogP contribution in [0.4, 0.5) is 5.69 Å². The Morgan fingerprint density at radius 2 is 1.73 bits per heavy atom. The molecule has 33 heavy (non-hydrogen) atoms. The molecule has 0 saturated heterocycles. The average molecular weight is 490 g/mol. The fourth-order valence-electron chi connectivity index (χ4n) is 3.18. The molecule has 0 atom stereocenters. The summed E-state index contributed by atoms with van der Waals surface area (Å²) in [5.41, 5.74) is 2.00. The van der Waals surface area contributed by atoms with E-state index in [4.69, 9.17) is 21.1 Å². The number of carbonyl (C=O) groups excluding carboxylic acids is 1. The molecule has 3 aromatic rings. The average Bonchev–Trinajstić information content (AvgIpc) is 2.79. The lowest BCUT2D eigenvalue weighted by molar-refractivity contribution is 0.0784. The Morgan fingerprint density at radius 3 is 2.36 bits per heavy atom. The van der Waals surface area contributed by atoms with Crippen LogP contribution in [0.3, 0.4) is 0 Å². The highest BCUT2D eigenvalue weighted by Crippen LogP contribution is 2.37. The van der Waals surface area contributed by atoms with Gasteiger partial charge in [-0.2, -0.15) is 0 Å². The summed E-state index contributed by atoms with van der Waals surface area (Å²) < 4.78 is 39.1. The van der Waals surface area contributed by atoms with Crippen molar-refractivity contribution in [2.75, 3.05) is 26.0 Å². The topological polar surface area (TPSA) is 97.8 Å². The molecule has 0 saturated carbocycles. The number of anilines is 1. The van der Waals surface area contributed by atoms with E-state index in [9.17, 15) is 13.2 Å². The minimum absolute atomic E-state index is 0.0669. The lowest BCUT2D eigenvalue weighted by Gasteiger charge is -2.19. The Bertz CT molecular complexity index is 1270. The Hall–Kier alpha value is -3.30. The van der Waals surface area contributed by atoms with Gasteiger partial charge in [-0.3, -0.25) is 14.5 Å². The number of pyridine rings is 1. The Morgan fingerprint density at radius 1 is 1.06 bits per heavy atom.